The van der Waals surface area contributed by atoms with Gasteiger partial charge in [0.15, 0.2) is 24.0 Å². The van der Waals surface area contributed by atoms with Gasteiger partial charge in [0.2, 0.25) is 0 Å². The maximum Gasteiger partial charge on any atom is 0.258 e. The van der Waals surface area contributed by atoms with E-state index in [-0.39, 0.29) is 24.3 Å². The van der Waals surface area contributed by atoms with Crippen LogP contribution in [0.2, 0.25) is 0 Å². The SMILES string of the molecule is CC(C)NC(=O)COc1cc(-c2nc3c(c(Nc4ccc(-c5cnn(PI)c5)cc4)n2)COC3)ccc1F. The van der Waals surface area contributed by atoms with Gasteiger partial charge in [-0.15, -0.1) is 0 Å². The van der Waals surface area contributed by atoms with Crippen molar-refractivity contribution in [1.82, 2.24) is 24.8 Å². The summed E-state index contributed by atoms with van der Waals surface area (Å²) in [6.45, 7) is 4.15. The normalized spacial score (nSPS) is 12.8. The van der Waals surface area contributed by atoms with Gasteiger partial charge in [0.05, 0.1) is 31.5 Å². The van der Waals surface area contributed by atoms with Gasteiger partial charge in [-0.25, -0.2) is 18.8 Å². The topological polar surface area (TPSA) is 103 Å². The Labute approximate surface area is 233 Å². The highest BCUT2D eigenvalue weighted by atomic mass is 127. The maximum absolute atomic E-state index is 14.4. The number of ether oxygens (including phenoxy) is 2. The smallest absolute Gasteiger partial charge is 0.258 e. The molecule has 1 aliphatic rings. The largest absolute Gasteiger partial charge is 0.481 e. The van der Waals surface area contributed by atoms with E-state index in [4.69, 9.17) is 14.5 Å². The summed E-state index contributed by atoms with van der Waals surface area (Å²) < 4.78 is 27.4. The summed E-state index contributed by atoms with van der Waals surface area (Å²) in [6.07, 6.45) is 4.42. The number of fused-ring (bicyclic) bond motifs is 1. The molecular formula is C26H25FIN6O3P. The summed E-state index contributed by atoms with van der Waals surface area (Å²) in [5.41, 5.74) is 5.18. The van der Waals surface area contributed by atoms with E-state index in [0.717, 1.165) is 28.1 Å². The number of rotatable bonds is 9. The van der Waals surface area contributed by atoms with Gasteiger partial charge in [-0.3, -0.25) is 4.79 Å². The highest BCUT2D eigenvalue weighted by Gasteiger charge is 2.22. The molecule has 1 atom stereocenters. The number of amides is 1. The molecule has 0 fully saturated rings. The molecule has 0 radical (unpaired) electrons. The van der Waals surface area contributed by atoms with E-state index in [1.165, 1.54) is 12.1 Å². The molecule has 4 aromatic rings. The molecule has 3 heterocycles. The van der Waals surface area contributed by atoms with Crippen LogP contribution >= 0.6 is 28.4 Å². The maximum atomic E-state index is 14.4. The van der Waals surface area contributed by atoms with E-state index in [1.807, 2.05) is 55.0 Å². The van der Waals surface area contributed by atoms with E-state index >= 15 is 0 Å². The number of halogens is 2. The minimum absolute atomic E-state index is 0.0356. The summed E-state index contributed by atoms with van der Waals surface area (Å²) in [7, 11) is 0. The van der Waals surface area contributed by atoms with Crippen molar-refractivity contribution in [3.05, 3.63) is 71.9 Å². The van der Waals surface area contributed by atoms with Crippen LogP contribution in [0.1, 0.15) is 25.1 Å². The van der Waals surface area contributed by atoms with Crippen LogP contribution in [0, 0.1) is 5.82 Å². The predicted molar refractivity (Wildman–Crippen MR) is 153 cm³/mol. The van der Waals surface area contributed by atoms with Gasteiger partial charge in [0.25, 0.3) is 5.91 Å². The number of hydrogen-bond donors (Lipinski definition) is 2. The number of anilines is 2. The fourth-order valence-corrected chi connectivity index (χ4v) is 5.03. The van der Waals surface area contributed by atoms with Gasteiger partial charge in [-0.1, -0.05) is 12.1 Å². The van der Waals surface area contributed by atoms with Crippen LogP contribution in [0.15, 0.2) is 54.9 Å². The Bertz CT molecular complexity index is 1460. The molecule has 9 nitrogen and oxygen atoms in total. The Morgan fingerprint density at radius 2 is 1.95 bits per heavy atom. The van der Waals surface area contributed by atoms with Crippen LogP contribution < -0.4 is 15.4 Å². The molecule has 1 unspecified atom stereocenters. The summed E-state index contributed by atoms with van der Waals surface area (Å²) in [6, 6.07) is 12.4. The van der Waals surface area contributed by atoms with E-state index in [9.17, 15) is 9.18 Å². The number of hydrogen-bond acceptors (Lipinski definition) is 7. The molecule has 0 spiro atoms. The fraction of sp³-hybridized carbons (Fsp3) is 0.231. The zero-order valence-electron chi connectivity index (χ0n) is 20.7. The van der Waals surface area contributed by atoms with Crippen LogP contribution in [0.25, 0.3) is 22.5 Å². The lowest BCUT2D eigenvalue weighted by molar-refractivity contribution is -0.123. The summed E-state index contributed by atoms with van der Waals surface area (Å²) in [5, 5.41) is 10.4. The Morgan fingerprint density at radius 1 is 1.16 bits per heavy atom. The predicted octanol–water partition coefficient (Wildman–Crippen LogP) is 5.62. The number of carbonyl (C=O) groups is 1. The van der Waals surface area contributed by atoms with Crippen LogP contribution in [0.5, 0.6) is 5.75 Å². The molecule has 1 aliphatic heterocycles. The molecule has 1 amide bonds. The molecule has 0 saturated carbocycles. The van der Waals surface area contributed by atoms with Crippen molar-refractivity contribution in [2.45, 2.75) is 33.1 Å². The van der Waals surface area contributed by atoms with Gasteiger partial charge < -0.3 is 20.1 Å². The van der Waals surface area contributed by atoms with E-state index in [1.54, 1.807) is 6.07 Å². The van der Waals surface area contributed by atoms with Crippen LogP contribution in [-0.4, -0.2) is 38.1 Å². The van der Waals surface area contributed by atoms with E-state index in [2.05, 4.69) is 42.8 Å². The number of nitrogens with one attached hydrogen (secondary N) is 2. The van der Waals surface area contributed by atoms with Gasteiger partial charge in [0, 0.05) is 34.6 Å². The molecule has 5 rings (SSSR count). The average molecular weight is 646 g/mol. The lowest BCUT2D eigenvalue weighted by Gasteiger charge is -2.13. The summed E-state index contributed by atoms with van der Waals surface area (Å²) in [4.78, 5) is 21.3. The quantitative estimate of drug-likeness (QED) is 0.180. The van der Waals surface area contributed by atoms with Crippen molar-refractivity contribution >= 4 is 45.8 Å². The monoisotopic (exact) mass is 646 g/mol. The van der Waals surface area contributed by atoms with Gasteiger partial charge in [-0.2, -0.15) is 5.10 Å². The average Bonchev–Trinajstić information content (AvgIpc) is 3.58. The summed E-state index contributed by atoms with van der Waals surface area (Å²) >= 11 is 2.29. The van der Waals surface area contributed by atoms with Crippen molar-refractivity contribution in [2.24, 2.45) is 0 Å². The third kappa shape index (κ3) is 6.11. The summed E-state index contributed by atoms with van der Waals surface area (Å²) in [5.74, 6) is 0.0819. The zero-order chi connectivity index (χ0) is 26.6. The van der Waals surface area contributed by atoms with Crippen LogP contribution in [0.4, 0.5) is 15.9 Å². The fourth-order valence-electron chi connectivity index (χ4n) is 3.94. The molecule has 0 aliphatic carbocycles. The second-order valence-electron chi connectivity index (χ2n) is 8.93. The number of benzene rings is 2. The minimum Gasteiger partial charge on any atom is -0.481 e. The van der Waals surface area contributed by atoms with Crippen molar-refractivity contribution in [2.75, 3.05) is 11.9 Å². The first kappa shape index (κ1) is 26.5. The second-order valence-corrected chi connectivity index (χ2v) is 11.0. The van der Waals surface area contributed by atoms with E-state index < -0.39 is 5.82 Å². The number of nitrogens with zero attached hydrogens (tertiary/aromatic N) is 4. The van der Waals surface area contributed by atoms with Gasteiger partial charge >= 0.3 is 0 Å². The Balaban J connectivity index is 1.38. The molecule has 0 bridgehead atoms. The molecule has 2 aromatic heterocycles. The second kappa shape index (κ2) is 11.7. The number of aromatic nitrogens is 4. The molecule has 2 N–H and O–H groups in total. The lowest BCUT2D eigenvalue weighted by atomic mass is 10.1. The lowest BCUT2D eigenvalue weighted by Crippen LogP contribution is -2.34. The van der Waals surface area contributed by atoms with Crippen molar-refractivity contribution < 1.29 is 18.7 Å². The molecule has 2 aromatic carbocycles. The van der Waals surface area contributed by atoms with Crippen LogP contribution in [0.3, 0.4) is 0 Å². The van der Waals surface area contributed by atoms with E-state index in [0.29, 0.717) is 36.8 Å². The standard InChI is InChI=1S/C26H25FIN6O3P/c1-15(2)30-24(35)14-37-23-9-17(5-8-21(23)27)25-32-22-13-36-12-20(22)26(33-25)31-19-6-3-16(4-7-19)18-10-29-34(11-18)38-28/h3-11,15,38H,12-14H2,1-2H3,(H,30,35)(H,31,32,33). The highest BCUT2D eigenvalue weighted by Crippen LogP contribution is 2.33. The molecule has 0 saturated heterocycles. The third-order valence-electron chi connectivity index (χ3n) is 5.73. The third-order valence-corrected chi connectivity index (χ3v) is 7.63. The Hall–Kier alpha value is -3.15. The molecule has 12 heteroatoms. The highest BCUT2D eigenvalue weighted by molar-refractivity contribution is 14.2. The first-order valence-corrected chi connectivity index (χ1v) is 15.9. The van der Waals surface area contributed by atoms with Gasteiger partial charge in [0.1, 0.15) is 5.82 Å². The number of carbonyl (C=O) groups excluding carboxylic acids is 1. The zero-order valence-corrected chi connectivity index (χ0v) is 23.8. The van der Waals surface area contributed by atoms with Crippen molar-refractivity contribution in [3.63, 3.8) is 0 Å². The van der Waals surface area contributed by atoms with Crippen molar-refractivity contribution in [3.8, 4) is 28.3 Å². The first-order valence-electron chi connectivity index (χ1n) is 11.9. The van der Waals surface area contributed by atoms with Gasteiger partial charge in [-0.05, 0) is 71.8 Å². The Kier molecular flexibility index (Phi) is 8.15. The molecule has 196 valence electrons. The Morgan fingerprint density at radius 3 is 2.68 bits per heavy atom. The first-order chi connectivity index (χ1) is 18.4. The van der Waals surface area contributed by atoms with Crippen LogP contribution in [-0.2, 0) is 22.7 Å². The van der Waals surface area contributed by atoms with Crippen molar-refractivity contribution in [1.29, 1.82) is 0 Å². The minimum atomic E-state index is -0.571. The molecular weight excluding hydrogens is 621 g/mol. The molecule has 38 heavy (non-hydrogen) atoms.